The third-order valence-corrected chi connectivity index (χ3v) is 5.87. The molecule has 2 heteroatoms. The number of carbonyl (C=O) groups is 2. The van der Waals surface area contributed by atoms with Gasteiger partial charge in [-0.2, -0.15) is 0 Å². The van der Waals surface area contributed by atoms with E-state index in [2.05, 4.69) is 52.0 Å². The number of hydrogen-bond acceptors (Lipinski definition) is 2. The first-order valence-corrected chi connectivity index (χ1v) is 9.51. The molecule has 3 rings (SSSR count). The van der Waals surface area contributed by atoms with Crippen molar-refractivity contribution < 1.29 is 9.59 Å². The van der Waals surface area contributed by atoms with Gasteiger partial charge in [-0.05, 0) is 22.3 Å². The molecular formula is C26H26O2. The Bertz CT molecular complexity index is 878. The Morgan fingerprint density at radius 2 is 0.679 bits per heavy atom. The lowest BCUT2D eigenvalue weighted by molar-refractivity contribution is 0.111. The summed E-state index contributed by atoms with van der Waals surface area (Å²) in [5, 5.41) is 0. The summed E-state index contributed by atoms with van der Waals surface area (Å²) in [6.07, 6.45) is 1.74. The first-order chi connectivity index (χ1) is 13.3. The van der Waals surface area contributed by atoms with Gasteiger partial charge in [-0.15, -0.1) is 0 Å². The van der Waals surface area contributed by atoms with Crippen LogP contribution in [0.3, 0.4) is 0 Å². The van der Waals surface area contributed by atoms with Crippen molar-refractivity contribution in [3.05, 3.63) is 106 Å². The van der Waals surface area contributed by atoms with Crippen molar-refractivity contribution in [2.75, 3.05) is 0 Å². The number of hydrogen-bond donors (Lipinski definition) is 0. The Hall–Kier alpha value is -3.00. The van der Waals surface area contributed by atoms with Gasteiger partial charge in [-0.1, -0.05) is 100 Å². The van der Waals surface area contributed by atoms with Gasteiger partial charge in [0, 0.05) is 22.0 Å². The van der Waals surface area contributed by atoms with Crippen molar-refractivity contribution in [1.29, 1.82) is 0 Å². The van der Waals surface area contributed by atoms with Gasteiger partial charge in [-0.3, -0.25) is 9.59 Å². The highest BCUT2D eigenvalue weighted by atomic mass is 16.1. The molecule has 28 heavy (non-hydrogen) atoms. The SMILES string of the molecule is CC(C)(c1ccc(C=O)cc1)c1ccc(C(C)(C)c2ccc(C=O)cc2)cc1. The molecule has 3 aromatic carbocycles. The van der Waals surface area contributed by atoms with E-state index in [1.54, 1.807) is 0 Å². The molecule has 142 valence electrons. The topological polar surface area (TPSA) is 34.1 Å². The van der Waals surface area contributed by atoms with E-state index in [9.17, 15) is 9.59 Å². The second-order valence-electron chi connectivity index (χ2n) is 8.31. The fourth-order valence-corrected chi connectivity index (χ4v) is 3.59. The zero-order chi connectivity index (χ0) is 20.4. The second-order valence-corrected chi connectivity index (χ2v) is 8.31. The lowest BCUT2D eigenvalue weighted by atomic mass is 9.74. The van der Waals surface area contributed by atoms with Crippen LogP contribution in [0, 0.1) is 0 Å². The molecule has 0 heterocycles. The van der Waals surface area contributed by atoms with E-state index in [1.807, 2.05) is 48.5 Å². The van der Waals surface area contributed by atoms with Gasteiger partial charge in [0.05, 0.1) is 0 Å². The molecule has 0 bridgehead atoms. The maximum absolute atomic E-state index is 10.9. The smallest absolute Gasteiger partial charge is 0.150 e. The number of aldehydes is 2. The number of rotatable bonds is 6. The zero-order valence-corrected chi connectivity index (χ0v) is 16.9. The molecule has 0 amide bonds. The molecule has 0 atom stereocenters. The van der Waals surface area contributed by atoms with Crippen LogP contribution in [0.25, 0.3) is 0 Å². The Labute approximate surface area is 167 Å². The van der Waals surface area contributed by atoms with Gasteiger partial charge < -0.3 is 0 Å². The summed E-state index contributed by atoms with van der Waals surface area (Å²) in [5.74, 6) is 0. The highest BCUT2D eigenvalue weighted by molar-refractivity contribution is 5.75. The minimum atomic E-state index is -0.157. The average Bonchev–Trinajstić information content (AvgIpc) is 2.74. The van der Waals surface area contributed by atoms with Gasteiger partial charge >= 0.3 is 0 Å². The lowest BCUT2D eigenvalue weighted by Gasteiger charge is -2.29. The van der Waals surface area contributed by atoms with Crippen LogP contribution in [0.4, 0.5) is 0 Å². The standard InChI is InChI=1S/C26H26O2/c1-25(2,21-9-5-19(17-27)6-10-21)23-13-15-24(16-14-23)26(3,4)22-11-7-20(18-28)8-12-22/h5-18H,1-4H3. The first kappa shape index (κ1) is 19.8. The molecule has 0 radical (unpaired) electrons. The second kappa shape index (κ2) is 7.55. The predicted molar refractivity (Wildman–Crippen MR) is 114 cm³/mol. The molecule has 0 aliphatic heterocycles. The summed E-state index contributed by atoms with van der Waals surface area (Å²) in [6.45, 7) is 8.78. The Balaban J connectivity index is 1.90. The molecule has 3 aromatic rings. The van der Waals surface area contributed by atoms with E-state index in [0.717, 1.165) is 12.6 Å². The zero-order valence-electron chi connectivity index (χ0n) is 16.9. The molecule has 0 saturated heterocycles. The molecular weight excluding hydrogens is 344 g/mol. The fourth-order valence-electron chi connectivity index (χ4n) is 3.59. The molecule has 0 aliphatic carbocycles. The van der Waals surface area contributed by atoms with Crippen LogP contribution < -0.4 is 0 Å². The van der Waals surface area contributed by atoms with Crippen LogP contribution in [0.15, 0.2) is 72.8 Å². The van der Waals surface area contributed by atoms with Gasteiger partial charge in [0.25, 0.3) is 0 Å². The van der Waals surface area contributed by atoms with Crippen LogP contribution in [-0.4, -0.2) is 12.6 Å². The predicted octanol–water partition coefficient (Wildman–Crippen LogP) is 5.96. The third-order valence-electron chi connectivity index (χ3n) is 5.87. The molecule has 0 fully saturated rings. The van der Waals surface area contributed by atoms with E-state index in [0.29, 0.717) is 11.1 Å². The van der Waals surface area contributed by atoms with E-state index in [4.69, 9.17) is 0 Å². The molecule has 0 aromatic heterocycles. The summed E-state index contributed by atoms with van der Waals surface area (Å²) in [5.41, 5.74) is 5.87. The maximum Gasteiger partial charge on any atom is 0.150 e. The maximum atomic E-state index is 10.9. The Morgan fingerprint density at radius 1 is 0.464 bits per heavy atom. The highest BCUT2D eigenvalue weighted by Crippen LogP contribution is 2.35. The number of carbonyl (C=O) groups excluding carboxylic acids is 2. The molecule has 0 aliphatic rings. The summed E-state index contributed by atoms with van der Waals surface area (Å²) in [7, 11) is 0. The Morgan fingerprint density at radius 3 is 0.893 bits per heavy atom. The van der Waals surface area contributed by atoms with Crippen LogP contribution in [0.2, 0.25) is 0 Å². The average molecular weight is 370 g/mol. The summed E-state index contributed by atoms with van der Waals surface area (Å²) in [4.78, 5) is 21.8. The van der Waals surface area contributed by atoms with Gasteiger partial charge in [0.1, 0.15) is 12.6 Å². The van der Waals surface area contributed by atoms with Crippen molar-refractivity contribution in [3.8, 4) is 0 Å². The largest absolute Gasteiger partial charge is 0.298 e. The molecule has 2 nitrogen and oxygen atoms in total. The minimum absolute atomic E-state index is 0.157. The van der Waals surface area contributed by atoms with Crippen molar-refractivity contribution in [2.45, 2.75) is 38.5 Å². The van der Waals surface area contributed by atoms with E-state index < -0.39 is 0 Å². The summed E-state index contributed by atoms with van der Waals surface area (Å²) < 4.78 is 0. The van der Waals surface area contributed by atoms with Crippen molar-refractivity contribution >= 4 is 12.6 Å². The number of benzene rings is 3. The normalized spacial score (nSPS) is 11.9. The monoisotopic (exact) mass is 370 g/mol. The van der Waals surface area contributed by atoms with E-state index in [-0.39, 0.29) is 10.8 Å². The van der Waals surface area contributed by atoms with Crippen LogP contribution in [0.5, 0.6) is 0 Å². The Kier molecular flexibility index (Phi) is 5.33. The summed E-state index contributed by atoms with van der Waals surface area (Å²) >= 11 is 0. The quantitative estimate of drug-likeness (QED) is 0.501. The first-order valence-electron chi connectivity index (χ1n) is 9.51. The van der Waals surface area contributed by atoms with Crippen molar-refractivity contribution in [2.24, 2.45) is 0 Å². The van der Waals surface area contributed by atoms with Gasteiger partial charge in [0.15, 0.2) is 0 Å². The molecule has 0 unspecified atom stereocenters. The van der Waals surface area contributed by atoms with Crippen molar-refractivity contribution in [3.63, 3.8) is 0 Å². The lowest BCUT2D eigenvalue weighted by Crippen LogP contribution is -2.21. The van der Waals surface area contributed by atoms with Gasteiger partial charge in [0.2, 0.25) is 0 Å². The molecule has 0 saturated carbocycles. The van der Waals surface area contributed by atoms with Crippen LogP contribution >= 0.6 is 0 Å². The van der Waals surface area contributed by atoms with Crippen LogP contribution in [0.1, 0.15) is 70.7 Å². The van der Waals surface area contributed by atoms with E-state index >= 15 is 0 Å². The third kappa shape index (κ3) is 3.68. The van der Waals surface area contributed by atoms with E-state index in [1.165, 1.54) is 22.3 Å². The summed E-state index contributed by atoms with van der Waals surface area (Å²) in [6, 6.07) is 24.3. The molecule has 0 N–H and O–H groups in total. The minimum Gasteiger partial charge on any atom is -0.298 e. The van der Waals surface area contributed by atoms with Gasteiger partial charge in [-0.25, -0.2) is 0 Å². The highest BCUT2D eigenvalue weighted by Gasteiger charge is 2.26. The molecule has 0 spiro atoms. The fraction of sp³-hybridized carbons (Fsp3) is 0.231. The van der Waals surface area contributed by atoms with Crippen LogP contribution in [-0.2, 0) is 10.8 Å². The van der Waals surface area contributed by atoms with Crippen molar-refractivity contribution in [1.82, 2.24) is 0 Å².